The molecule has 19 heteroatoms. The number of anilines is 4. The smallest absolute Gasteiger partial charge is 0.289 e. The van der Waals surface area contributed by atoms with E-state index in [0.29, 0.717) is 28.2 Å². The van der Waals surface area contributed by atoms with E-state index in [1.807, 2.05) is 0 Å². The predicted octanol–water partition coefficient (Wildman–Crippen LogP) is 4.14. The van der Waals surface area contributed by atoms with Gasteiger partial charge in [0.05, 0.1) is 62.2 Å². The van der Waals surface area contributed by atoms with Crippen LogP contribution in [0.2, 0.25) is 0 Å². The molecule has 4 N–H and O–H groups in total. The first-order valence-electron chi connectivity index (χ1n) is 24.3. The number of piperazine rings is 2. The molecule has 19 nitrogen and oxygen atoms in total. The Labute approximate surface area is 374 Å². The third-order valence-electron chi connectivity index (χ3n) is 9.27. The monoisotopic (exact) mass is 862 g/mol. The van der Waals surface area contributed by atoms with E-state index < -0.39 is 69.5 Å². The van der Waals surface area contributed by atoms with Crippen LogP contribution < -0.4 is 49.7 Å². The molecule has 0 saturated carbocycles. The van der Waals surface area contributed by atoms with Crippen molar-refractivity contribution in [3.63, 3.8) is 0 Å². The molecular formula is C43H50N10O9. The largest absolute Gasteiger partial charge is 0.493 e. The van der Waals surface area contributed by atoms with Crippen molar-refractivity contribution in [1.29, 1.82) is 0 Å². The summed E-state index contributed by atoms with van der Waals surface area (Å²) in [7, 11) is 5.71. The van der Waals surface area contributed by atoms with Gasteiger partial charge >= 0.3 is 0 Å². The van der Waals surface area contributed by atoms with E-state index in [2.05, 4.69) is 19.9 Å². The average Bonchev–Trinajstić information content (AvgIpc) is 3.89. The maximum atomic E-state index is 13.6. The minimum Gasteiger partial charge on any atom is -0.493 e. The lowest BCUT2D eigenvalue weighted by molar-refractivity contribution is -0.141. The maximum absolute atomic E-state index is 13.6. The van der Waals surface area contributed by atoms with Gasteiger partial charge < -0.3 is 63.9 Å². The van der Waals surface area contributed by atoms with Crippen molar-refractivity contribution in [2.24, 2.45) is 0 Å². The second kappa shape index (κ2) is 18.4. The Balaban J connectivity index is 0.000000220. The predicted molar refractivity (Wildman–Crippen MR) is 233 cm³/mol. The van der Waals surface area contributed by atoms with Gasteiger partial charge in [0.1, 0.15) is 18.2 Å². The first kappa shape index (κ1) is 29.7. The summed E-state index contributed by atoms with van der Waals surface area (Å²) >= 11 is 0. The molecule has 62 heavy (non-hydrogen) atoms. The van der Waals surface area contributed by atoms with Crippen molar-refractivity contribution < 1.29 is 58.9 Å². The zero-order chi connectivity index (χ0) is 53.4. The molecule has 3 aromatic carbocycles. The fourth-order valence-electron chi connectivity index (χ4n) is 6.17. The number of furan rings is 1. The van der Waals surface area contributed by atoms with Gasteiger partial charge in [-0.05, 0) is 36.4 Å². The summed E-state index contributed by atoms with van der Waals surface area (Å²) in [5.74, 6) is -1.48. The van der Waals surface area contributed by atoms with Gasteiger partial charge in [0, 0.05) is 75.0 Å². The Morgan fingerprint density at radius 1 is 0.677 bits per heavy atom. The zero-order valence-electron chi connectivity index (χ0n) is 45.0. The number of amides is 2. The molecule has 1 atom stereocenters. The van der Waals surface area contributed by atoms with E-state index in [4.69, 9.17) is 60.8 Å². The molecule has 0 aliphatic carbocycles. The molecule has 3 aliphatic heterocycles. The van der Waals surface area contributed by atoms with Gasteiger partial charge in [-0.15, -0.1) is 0 Å². The lowest BCUT2D eigenvalue weighted by Gasteiger charge is -2.37. The highest BCUT2D eigenvalue weighted by atomic mass is 16.6. The number of ether oxygens (including phenoxy) is 6. The van der Waals surface area contributed by atoms with E-state index in [1.54, 1.807) is 30.3 Å². The van der Waals surface area contributed by atoms with Gasteiger partial charge in [-0.2, -0.15) is 9.97 Å². The average molecular weight is 863 g/mol. The van der Waals surface area contributed by atoms with Crippen molar-refractivity contribution in [3.8, 4) is 34.5 Å². The Morgan fingerprint density at radius 3 is 1.77 bits per heavy atom. The van der Waals surface area contributed by atoms with Crippen LogP contribution in [0.4, 0.5) is 23.5 Å². The summed E-state index contributed by atoms with van der Waals surface area (Å²) in [6, 6.07) is 15.3. The molecule has 2 saturated heterocycles. The lowest BCUT2D eigenvalue weighted by atomic mass is 10.2. The van der Waals surface area contributed by atoms with Crippen LogP contribution >= 0.6 is 0 Å². The molecule has 0 spiro atoms. The number of fused-ring (bicyclic) bond motifs is 3. The number of methoxy groups -OCH3 is 4. The molecule has 326 valence electrons. The first-order chi connectivity index (χ1) is 34.2. The fourth-order valence-corrected chi connectivity index (χ4v) is 6.17. The number of benzene rings is 3. The number of nitrogens with zero attached hydrogens (tertiary/aromatic N) is 8. The van der Waals surface area contributed by atoms with Crippen LogP contribution in [-0.2, 0) is 4.79 Å². The third kappa shape index (κ3) is 8.59. The molecule has 9 rings (SSSR count). The SMILES string of the molecule is C.[2H]C1([2H])N(C(=O)C2COc3ccccc3O2)C([2H])([2H])C([2H])([2H])N(c2nc(N)c3cc(OC)c(OC)cc3n2)C1([2H])[2H].[2H]C1([2H])N(C(=O)c2ccco2)CCN(c2nc(N)c3cc(OC)c(OC)cc3n2)C1([2H])[2H]. The number of carbonyl (C=O) groups excluding carboxylic acids is 2. The first-order valence-corrected chi connectivity index (χ1v) is 18.3. The van der Waals surface area contributed by atoms with Crippen LogP contribution in [-0.4, -0.2) is 135 Å². The van der Waals surface area contributed by atoms with Crippen LogP contribution in [0.3, 0.4) is 0 Å². The number of rotatable bonds is 8. The molecule has 1 unspecified atom stereocenters. The number of aromatic nitrogens is 4. The minimum absolute atomic E-state index is 0. The van der Waals surface area contributed by atoms with Crippen LogP contribution in [0.25, 0.3) is 21.8 Å². The van der Waals surface area contributed by atoms with Gasteiger partial charge in [-0.25, -0.2) is 9.97 Å². The molecule has 6 aromatic rings. The van der Waals surface area contributed by atoms with Crippen molar-refractivity contribution >= 4 is 57.2 Å². The normalized spacial score (nSPS) is 23.6. The Bertz CT molecular complexity index is 3090. The van der Waals surface area contributed by atoms with E-state index in [-0.39, 0.29) is 81.8 Å². The van der Waals surface area contributed by atoms with Crippen molar-refractivity contribution in [2.75, 3.05) is 108 Å². The minimum atomic E-state index is -3.50. The summed E-state index contributed by atoms with van der Waals surface area (Å²) in [5, 5.41) is 0.712. The quantitative estimate of drug-likeness (QED) is 0.220. The highest BCUT2D eigenvalue weighted by Crippen LogP contribution is 2.36. The highest BCUT2D eigenvalue weighted by Gasteiger charge is 2.33. The fraction of sp³-hybridized carbons (Fsp3) is 0.349. The zero-order valence-corrected chi connectivity index (χ0v) is 33.0. The van der Waals surface area contributed by atoms with Gasteiger partial charge in [-0.3, -0.25) is 9.59 Å². The summed E-state index contributed by atoms with van der Waals surface area (Å²) in [6.45, 7) is -19.9. The van der Waals surface area contributed by atoms with Gasteiger partial charge in [-0.1, -0.05) is 19.6 Å². The summed E-state index contributed by atoms with van der Waals surface area (Å²) < 4.78 is 141. The second-order valence-electron chi connectivity index (χ2n) is 12.9. The van der Waals surface area contributed by atoms with Crippen molar-refractivity contribution in [2.45, 2.75) is 13.5 Å². The third-order valence-corrected chi connectivity index (χ3v) is 9.27. The number of nitrogens with two attached hydrogens (primary N) is 2. The number of nitrogen functional groups attached to an aromatic ring is 2. The highest BCUT2D eigenvalue weighted by molar-refractivity contribution is 5.93. The van der Waals surface area contributed by atoms with Crippen LogP contribution in [0.5, 0.6) is 34.5 Å². The van der Waals surface area contributed by atoms with Crippen molar-refractivity contribution in [3.05, 3.63) is 72.7 Å². The van der Waals surface area contributed by atoms with Crippen LogP contribution in [0.1, 0.15) is 34.4 Å². The van der Waals surface area contributed by atoms with Gasteiger partial charge in [0.2, 0.25) is 18.0 Å². The number of carbonyl (C=O) groups is 2. The van der Waals surface area contributed by atoms with Crippen LogP contribution in [0.15, 0.2) is 71.3 Å². The van der Waals surface area contributed by atoms with E-state index in [1.165, 1.54) is 65.0 Å². The van der Waals surface area contributed by atoms with Gasteiger partial charge in [0.15, 0.2) is 40.3 Å². The summed E-state index contributed by atoms with van der Waals surface area (Å²) in [4.78, 5) is 44.9. The molecule has 2 amide bonds. The number of para-hydroxylation sites is 2. The second-order valence-corrected chi connectivity index (χ2v) is 12.9. The summed E-state index contributed by atoms with van der Waals surface area (Å²) in [5.41, 5.74) is 12.6. The van der Waals surface area contributed by atoms with Crippen LogP contribution in [0, 0.1) is 0 Å². The van der Waals surface area contributed by atoms with E-state index >= 15 is 0 Å². The summed E-state index contributed by atoms with van der Waals surface area (Å²) in [6.07, 6.45) is -0.300. The Morgan fingerprint density at radius 2 is 1.21 bits per heavy atom. The Hall–Kier alpha value is -7.44. The topological polar surface area (TPSA) is 219 Å². The molecule has 0 bridgehead atoms. The molecule has 3 aliphatic rings. The van der Waals surface area contributed by atoms with Gasteiger partial charge in [0.25, 0.3) is 11.8 Å². The molecular weight excluding hydrogens is 801 g/mol. The molecule has 2 fully saturated rings. The van der Waals surface area contributed by atoms with E-state index in [9.17, 15) is 9.59 Å². The number of hydrogen-bond donors (Lipinski definition) is 2. The maximum Gasteiger partial charge on any atom is 0.289 e. The van der Waals surface area contributed by atoms with E-state index in [0.717, 1.165) is 9.80 Å². The molecule has 6 heterocycles. The lowest BCUT2D eigenvalue weighted by Crippen LogP contribution is -2.54. The molecule has 3 aromatic heterocycles. The molecule has 0 radical (unpaired) electrons. The van der Waals surface area contributed by atoms with Crippen molar-refractivity contribution in [1.82, 2.24) is 29.7 Å². The number of hydrogen-bond acceptors (Lipinski definition) is 17. The Kier molecular flexibility index (Phi) is 8.84. The standard InChI is InChI=1S/C23H25N5O5.C19H21N5O4.CH4/c1-30-18-11-14-15(12-19(18)31-2)25-23(26-21(14)24)28-9-7-27(8-10-28)22(29)20-13-32-16-5-3-4-6-17(16)33-20;1-26-15-10-12-13(11-16(15)27-2)21-19(22-17(12)20)24-7-5-23(6-8-24)18(25)14-4-3-9-28-14;/h3-6,11-12,20H,7-10,13H2,1-2H3,(H2,24,25,26);3-4,9-11H,5-8H2,1-2H3,(H2,20,21,22);1H4/i7D2,8D2,9D2,10D2;5D2,7D2;.